The summed E-state index contributed by atoms with van der Waals surface area (Å²) in [4.78, 5) is 0.911. The fourth-order valence-corrected chi connectivity index (χ4v) is 2.95. The molecule has 1 rings (SSSR count). The number of methoxy groups -OCH3 is 1. The van der Waals surface area contributed by atoms with Crippen LogP contribution in [0, 0.1) is 13.8 Å². The quantitative estimate of drug-likeness (QED) is 0.781. The molecule has 16 heavy (non-hydrogen) atoms. The lowest BCUT2D eigenvalue weighted by Gasteiger charge is -2.07. The molecule has 0 amide bonds. The predicted molar refractivity (Wildman–Crippen MR) is 71.4 cm³/mol. The van der Waals surface area contributed by atoms with Gasteiger partial charge in [0.15, 0.2) is 0 Å². The highest BCUT2D eigenvalue weighted by atomic mass is 79.9. The zero-order valence-electron chi connectivity index (χ0n) is 9.88. The summed E-state index contributed by atoms with van der Waals surface area (Å²) in [5, 5.41) is 0. The highest BCUT2D eigenvalue weighted by Crippen LogP contribution is 2.24. The number of ether oxygens (including phenoxy) is 1. The van der Waals surface area contributed by atoms with E-state index in [1.165, 1.54) is 0 Å². The zero-order chi connectivity index (χ0) is 12.1. The molecule has 2 nitrogen and oxygen atoms in total. The summed E-state index contributed by atoms with van der Waals surface area (Å²) >= 11 is 3.51. The van der Waals surface area contributed by atoms with E-state index in [1.807, 2.05) is 26.0 Å². The molecule has 1 aromatic rings. The van der Waals surface area contributed by atoms with E-state index in [9.17, 15) is 4.21 Å². The first kappa shape index (κ1) is 13.9. The van der Waals surface area contributed by atoms with Crippen molar-refractivity contribution in [1.29, 1.82) is 0 Å². The van der Waals surface area contributed by atoms with Crippen molar-refractivity contribution < 1.29 is 8.95 Å². The monoisotopic (exact) mass is 304 g/mol. The summed E-state index contributed by atoms with van der Waals surface area (Å²) in [6, 6.07) is 3.97. The van der Waals surface area contributed by atoms with Crippen molar-refractivity contribution in [2.24, 2.45) is 0 Å². The van der Waals surface area contributed by atoms with E-state index in [4.69, 9.17) is 4.74 Å². The Bertz CT molecular complexity index is 368. The average Bonchev–Trinajstić information content (AvgIpc) is 2.25. The minimum absolute atomic E-state index is 0.661. The van der Waals surface area contributed by atoms with Gasteiger partial charge < -0.3 is 4.74 Å². The van der Waals surface area contributed by atoms with E-state index in [2.05, 4.69) is 15.9 Å². The molecule has 0 saturated carbocycles. The lowest BCUT2D eigenvalue weighted by molar-refractivity contribution is 0.200. The molecule has 0 N–H and O–H groups in total. The molecule has 1 atom stereocenters. The van der Waals surface area contributed by atoms with Crippen LogP contribution in [0.5, 0.6) is 0 Å². The van der Waals surface area contributed by atoms with E-state index in [0.717, 1.165) is 26.9 Å². The summed E-state index contributed by atoms with van der Waals surface area (Å²) in [5.74, 6) is 0.661. The van der Waals surface area contributed by atoms with Gasteiger partial charge in [-0.3, -0.25) is 4.21 Å². The first-order valence-corrected chi connectivity index (χ1v) is 7.31. The van der Waals surface area contributed by atoms with Crippen LogP contribution in [0.25, 0.3) is 0 Å². The maximum Gasteiger partial charge on any atom is 0.0530 e. The number of aryl methyl sites for hydroxylation is 2. The minimum atomic E-state index is -0.915. The van der Waals surface area contributed by atoms with Gasteiger partial charge in [-0.05, 0) is 43.5 Å². The topological polar surface area (TPSA) is 26.3 Å². The van der Waals surface area contributed by atoms with E-state index >= 15 is 0 Å². The molecule has 1 unspecified atom stereocenters. The van der Waals surface area contributed by atoms with Gasteiger partial charge in [-0.15, -0.1) is 0 Å². The van der Waals surface area contributed by atoms with Gasteiger partial charge in [0.2, 0.25) is 0 Å². The third-order valence-corrected chi connectivity index (χ3v) is 5.02. The molecule has 0 aliphatic carbocycles. The molecule has 0 aromatic heterocycles. The van der Waals surface area contributed by atoms with Crippen molar-refractivity contribution in [3.63, 3.8) is 0 Å². The van der Waals surface area contributed by atoms with Crippen molar-refractivity contribution >= 4 is 26.7 Å². The van der Waals surface area contributed by atoms with Crippen LogP contribution in [0.3, 0.4) is 0 Å². The van der Waals surface area contributed by atoms with Crippen molar-refractivity contribution in [1.82, 2.24) is 0 Å². The molecule has 0 radical (unpaired) electrons. The van der Waals surface area contributed by atoms with Gasteiger partial charge in [0.1, 0.15) is 0 Å². The maximum atomic E-state index is 12.0. The Labute approximate surface area is 108 Å². The second-order valence-electron chi connectivity index (χ2n) is 3.77. The van der Waals surface area contributed by atoms with Gasteiger partial charge in [0, 0.05) is 28.8 Å². The summed E-state index contributed by atoms with van der Waals surface area (Å²) < 4.78 is 18.0. The molecule has 0 heterocycles. The lowest BCUT2D eigenvalue weighted by atomic mass is 10.2. The molecule has 1 aromatic carbocycles. The highest BCUT2D eigenvalue weighted by Gasteiger charge is 2.07. The first-order valence-electron chi connectivity index (χ1n) is 5.20. The summed E-state index contributed by atoms with van der Waals surface area (Å²) in [7, 11) is 0.749. The van der Waals surface area contributed by atoms with Crippen LogP contribution in [0.4, 0.5) is 0 Å². The van der Waals surface area contributed by atoms with Gasteiger partial charge in [-0.1, -0.05) is 15.9 Å². The fraction of sp³-hybridized carbons (Fsp3) is 0.500. The number of rotatable bonds is 5. The second-order valence-corrected chi connectivity index (χ2v) is 6.13. The van der Waals surface area contributed by atoms with Crippen LogP contribution >= 0.6 is 15.9 Å². The SMILES string of the molecule is COCCCS(=O)c1cc(C)c(Br)c(C)c1. The Morgan fingerprint density at radius 2 is 1.88 bits per heavy atom. The molecule has 90 valence electrons. The lowest BCUT2D eigenvalue weighted by Crippen LogP contribution is -2.02. The van der Waals surface area contributed by atoms with Gasteiger partial charge >= 0.3 is 0 Å². The second kappa shape index (κ2) is 6.52. The summed E-state index contributed by atoms with van der Waals surface area (Å²) in [6.45, 7) is 4.71. The Morgan fingerprint density at radius 1 is 1.31 bits per heavy atom. The van der Waals surface area contributed by atoms with E-state index in [-0.39, 0.29) is 0 Å². The van der Waals surface area contributed by atoms with Gasteiger partial charge in [0.05, 0.1) is 10.8 Å². The van der Waals surface area contributed by atoms with Crippen LogP contribution in [-0.4, -0.2) is 23.7 Å². The molecule has 0 saturated heterocycles. The van der Waals surface area contributed by atoms with Crippen molar-refractivity contribution in [2.45, 2.75) is 25.2 Å². The minimum Gasteiger partial charge on any atom is -0.385 e. The molecule has 4 heteroatoms. The zero-order valence-corrected chi connectivity index (χ0v) is 12.3. The van der Waals surface area contributed by atoms with Crippen LogP contribution in [0.1, 0.15) is 17.5 Å². The molecular formula is C12H17BrO2S. The van der Waals surface area contributed by atoms with Crippen LogP contribution < -0.4 is 0 Å². The first-order chi connectivity index (χ1) is 7.56. The van der Waals surface area contributed by atoms with Crippen LogP contribution in [-0.2, 0) is 15.5 Å². The van der Waals surface area contributed by atoms with Crippen LogP contribution in [0.15, 0.2) is 21.5 Å². The Morgan fingerprint density at radius 3 is 2.38 bits per heavy atom. The Hall–Kier alpha value is -0.190. The summed E-state index contributed by atoms with van der Waals surface area (Å²) in [5.41, 5.74) is 2.27. The molecule has 0 aliphatic rings. The van der Waals surface area contributed by atoms with Crippen molar-refractivity contribution in [2.75, 3.05) is 19.5 Å². The summed E-state index contributed by atoms with van der Waals surface area (Å²) in [6.07, 6.45) is 0.831. The smallest absolute Gasteiger partial charge is 0.0530 e. The maximum absolute atomic E-state index is 12.0. The third kappa shape index (κ3) is 3.68. The van der Waals surface area contributed by atoms with Crippen molar-refractivity contribution in [3.8, 4) is 0 Å². The van der Waals surface area contributed by atoms with Gasteiger partial charge in [0.25, 0.3) is 0 Å². The molecule has 0 bridgehead atoms. The Kier molecular flexibility index (Phi) is 5.66. The van der Waals surface area contributed by atoms with E-state index in [1.54, 1.807) is 7.11 Å². The van der Waals surface area contributed by atoms with Crippen LogP contribution in [0.2, 0.25) is 0 Å². The highest BCUT2D eigenvalue weighted by molar-refractivity contribution is 9.10. The fourth-order valence-electron chi connectivity index (χ4n) is 1.49. The molecule has 0 spiro atoms. The number of hydrogen-bond donors (Lipinski definition) is 0. The number of benzene rings is 1. The normalized spacial score (nSPS) is 12.8. The van der Waals surface area contributed by atoms with Gasteiger partial charge in [-0.25, -0.2) is 0 Å². The largest absolute Gasteiger partial charge is 0.385 e. The van der Waals surface area contributed by atoms with E-state index in [0.29, 0.717) is 12.4 Å². The van der Waals surface area contributed by atoms with E-state index < -0.39 is 10.8 Å². The molecule has 0 fully saturated rings. The third-order valence-electron chi connectivity index (χ3n) is 2.35. The average molecular weight is 305 g/mol. The Balaban J connectivity index is 2.76. The predicted octanol–water partition coefficient (Wildman–Crippen LogP) is 3.21. The number of hydrogen-bond acceptors (Lipinski definition) is 2. The van der Waals surface area contributed by atoms with Gasteiger partial charge in [-0.2, -0.15) is 0 Å². The molecule has 0 aliphatic heterocycles. The number of halogens is 1. The molecular weight excluding hydrogens is 288 g/mol. The van der Waals surface area contributed by atoms with Crippen molar-refractivity contribution in [3.05, 3.63) is 27.7 Å². The standard InChI is InChI=1S/C12H17BrO2S/c1-9-7-11(8-10(2)12(9)13)16(14)6-4-5-15-3/h7-8H,4-6H2,1-3H3.